The highest BCUT2D eigenvalue weighted by molar-refractivity contribution is 5.70. The van der Waals surface area contributed by atoms with Crippen LogP contribution in [0.2, 0.25) is 0 Å². The van der Waals surface area contributed by atoms with Crippen molar-refractivity contribution < 1.29 is 5.11 Å². The van der Waals surface area contributed by atoms with Gasteiger partial charge < -0.3 is 15.3 Å². The third kappa shape index (κ3) is 1.95. The summed E-state index contributed by atoms with van der Waals surface area (Å²) < 4.78 is 3.71. The molecule has 0 bridgehead atoms. The topological polar surface area (TPSA) is 96.4 Å². The number of fused-ring (bicyclic) bond motifs is 1. The zero-order valence-electron chi connectivity index (χ0n) is 13.2. The van der Waals surface area contributed by atoms with E-state index in [2.05, 4.69) is 25.4 Å². The highest BCUT2D eigenvalue weighted by atomic mass is 16.3. The SMILES string of the molecule is C[C@H]1[C@H](O)CN1c1nc(-c2cnn(C3CNC3)c2)cn2ncnc12. The second kappa shape index (κ2) is 4.99. The van der Waals surface area contributed by atoms with Crippen LogP contribution in [-0.2, 0) is 0 Å². The number of hydrogen-bond acceptors (Lipinski definition) is 7. The Morgan fingerprint density at radius 3 is 2.83 bits per heavy atom. The summed E-state index contributed by atoms with van der Waals surface area (Å²) in [4.78, 5) is 11.2. The van der Waals surface area contributed by atoms with Crippen molar-refractivity contribution in [1.82, 2.24) is 34.7 Å². The van der Waals surface area contributed by atoms with Gasteiger partial charge in [-0.1, -0.05) is 0 Å². The maximum atomic E-state index is 9.82. The van der Waals surface area contributed by atoms with Gasteiger partial charge in [0.2, 0.25) is 0 Å². The number of aliphatic hydroxyl groups excluding tert-OH is 1. The number of hydrogen-bond donors (Lipinski definition) is 2. The van der Waals surface area contributed by atoms with Gasteiger partial charge in [-0.25, -0.2) is 14.5 Å². The largest absolute Gasteiger partial charge is 0.389 e. The molecule has 0 aromatic carbocycles. The van der Waals surface area contributed by atoms with Gasteiger partial charge in [0, 0.05) is 31.4 Å². The molecule has 5 rings (SSSR count). The molecule has 2 N–H and O–H groups in total. The number of aliphatic hydroxyl groups is 1. The Morgan fingerprint density at radius 1 is 1.25 bits per heavy atom. The third-order valence-electron chi connectivity index (χ3n) is 4.98. The third-order valence-corrected chi connectivity index (χ3v) is 4.98. The summed E-state index contributed by atoms with van der Waals surface area (Å²) in [5.74, 6) is 0.751. The van der Waals surface area contributed by atoms with Crippen LogP contribution < -0.4 is 10.2 Å². The first kappa shape index (κ1) is 13.9. The van der Waals surface area contributed by atoms with E-state index in [1.54, 1.807) is 4.52 Å². The van der Waals surface area contributed by atoms with Crippen molar-refractivity contribution in [3.05, 3.63) is 24.9 Å². The van der Waals surface area contributed by atoms with Crippen LogP contribution in [0.3, 0.4) is 0 Å². The lowest BCUT2D eigenvalue weighted by atomic mass is 10.0. The summed E-state index contributed by atoms with van der Waals surface area (Å²) in [6.45, 7) is 4.44. The van der Waals surface area contributed by atoms with E-state index >= 15 is 0 Å². The van der Waals surface area contributed by atoms with Crippen LogP contribution in [0.4, 0.5) is 5.82 Å². The first-order valence-corrected chi connectivity index (χ1v) is 8.11. The smallest absolute Gasteiger partial charge is 0.198 e. The van der Waals surface area contributed by atoms with E-state index in [1.165, 1.54) is 6.33 Å². The van der Waals surface area contributed by atoms with Crippen LogP contribution in [0.15, 0.2) is 24.9 Å². The minimum atomic E-state index is -0.327. The molecule has 0 saturated carbocycles. The molecule has 9 heteroatoms. The minimum Gasteiger partial charge on any atom is -0.389 e. The molecule has 0 amide bonds. The fraction of sp³-hybridized carbons (Fsp3) is 0.467. The zero-order valence-corrected chi connectivity index (χ0v) is 13.2. The Labute approximate surface area is 137 Å². The predicted molar refractivity (Wildman–Crippen MR) is 86.7 cm³/mol. The maximum Gasteiger partial charge on any atom is 0.198 e. The Hall–Kier alpha value is -2.52. The molecule has 124 valence electrons. The fourth-order valence-corrected chi connectivity index (χ4v) is 3.15. The maximum absolute atomic E-state index is 9.82. The molecule has 3 aromatic rings. The van der Waals surface area contributed by atoms with Crippen LogP contribution in [0.25, 0.3) is 16.9 Å². The first-order chi connectivity index (χ1) is 11.7. The Morgan fingerprint density at radius 2 is 2.12 bits per heavy atom. The van der Waals surface area contributed by atoms with E-state index in [0.29, 0.717) is 18.2 Å². The van der Waals surface area contributed by atoms with Gasteiger partial charge in [-0.2, -0.15) is 10.2 Å². The van der Waals surface area contributed by atoms with Crippen molar-refractivity contribution in [2.75, 3.05) is 24.5 Å². The molecule has 0 spiro atoms. The van der Waals surface area contributed by atoms with Crippen molar-refractivity contribution >= 4 is 11.5 Å². The summed E-state index contributed by atoms with van der Waals surface area (Å²) in [6.07, 6.45) is 6.92. The van der Waals surface area contributed by atoms with Gasteiger partial charge in [0.25, 0.3) is 0 Å². The molecule has 9 nitrogen and oxygen atoms in total. The molecular formula is C15H18N8O. The molecule has 2 aliphatic rings. The second-order valence-electron chi connectivity index (χ2n) is 6.46. The average Bonchev–Trinajstić information content (AvgIpc) is 3.18. The lowest BCUT2D eigenvalue weighted by Gasteiger charge is -2.44. The lowest BCUT2D eigenvalue weighted by Crippen LogP contribution is -2.59. The molecule has 3 aromatic heterocycles. The number of nitrogens with zero attached hydrogens (tertiary/aromatic N) is 7. The van der Waals surface area contributed by atoms with E-state index in [4.69, 9.17) is 4.98 Å². The van der Waals surface area contributed by atoms with Gasteiger partial charge in [-0.15, -0.1) is 0 Å². The molecule has 0 radical (unpaired) electrons. The van der Waals surface area contributed by atoms with Crippen molar-refractivity contribution in [1.29, 1.82) is 0 Å². The van der Waals surface area contributed by atoms with Crippen molar-refractivity contribution in [2.24, 2.45) is 0 Å². The summed E-state index contributed by atoms with van der Waals surface area (Å²) in [6, 6.07) is 0.441. The van der Waals surface area contributed by atoms with Gasteiger partial charge in [-0.05, 0) is 6.92 Å². The van der Waals surface area contributed by atoms with E-state index in [-0.39, 0.29) is 12.1 Å². The molecule has 0 unspecified atom stereocenters. The van der Waals surface area contributed by atoms with Gasteiger partial charge in [0.1, 0.15) is 6.33 Å². The number of anilines is 1. The van der Waals surface area contributed by atoms with Crippen molar-refractivity contribution in [3.63, 3.8) is 0 Å². The van der Waals surface area contributed by atoms with E-state index in [9.17, 15) is 5.11 Å². The van der Waals surface area contributed by atoms with E-state index in [0.717, 1.165) is 30.2 Å². The Balaban J connectivity index is 1.57. The Bertz CT molecular complexity index is 898. The van der Waals surface area contributed by atoms with Gasteiger partial charge in [0.15, 0.2) is 11.5 Å². The van der Waals surface area contributed by atoms with Gasteiger partial charge in [-0.3, -0.25) is 4.68 Å². The summed E-state index contributed by atoms with van der Waals surface area (Å²) in [5, 5.41) is 21.8. The molecule has 2 saturated heterocycles. The highest BCUT2D eigenvalue weighted by Gasteiger charge is 2.36. The number of β-amino-alcohol motifs (C(OH)–C–C–N with tert-alkyl or cyclic N) is 1. The normalized spacial score (nSPS) is 24.2. The zero-order chi connectivity index (χ0) is 16.3. The highest BCUT2D eigenvalue weighted by Crippen LogP contribution is 2.30. The van der Waals surface area contributed by atoms with Crippen LogP contribution in [-0.4, -0.2) is 66.2 Å². The van der Waals surface area contributed by atoms with E-state index < -0.39 is 0 Å². The van der Waals surface area contributed by atoms with Gasteiger partial charge in [0.05, 0.1) is 36.3 Å². The summed E-state index contributed by atoms with van der Waals surface area (Å²) in [7, 11) is 0. The fourth-order valence-electron chi connectivity index (χ4n) is 3.15. The lowest BCUT2D eigenvalue weighted by molar-refractivity contribution is 0.0989. The number of aromatic nitrogens is 6. The molecule has 2 fully saturated rings. The van der Waals surface area contributed by atoms with E-state index in [1.807, 2.05) is 30.2 Å². The molecule has 24 heavy (non-hydrogen) atoms. The number of nitrogens with one attached hydrogen (secondary N) is 1. The standard InChI is InChI=1S/C15H18N8O/c1-9-13(24)7-21(9)15-14-17-8-19-23(14)6-12(20-15)10-2-18-22(5-10)11-3-16-4-11/h2,5-6,8-9,11,13,16,24H,3-4,7H2,1H3/t9-,13+/m0/s1. The monoisotopic (exact) mass is 326 g/mol. The molecule has 0 aliphatic carbocycles. The number of rotatable bonds is 3. The minimum absolute atomic E-state index is 0.0250. The average molecular weight is 326 g/mol. The van der Waals surface area contributed by atoms with Crippen LogP contribution in [0.1, 0.15) is 13.0 Å². The summed E-state index contributed by atoms with van der Waals surface area (Å²) >= 11 is 0. The first-order valence-electron chi connectivity index (χ1n) is 8.11. The quantitative estimate of drug-likeness (QED) is 0.682. The molecule has 2 aliphatic heterocycles. The molecular weight excluding hydrogens is 308 g/mol. The van der Waals surface area contributed by atoms with Crippen LogP contribution in [0.5, 0.6) is 0 Å². The predicted octanol–water partition coefficient (Wildman–Crippen LogP) is -0.298. The Kier molecular flexibility index (Phi) is 2.88. The van der Waals surface area contributed by atoms with Crippen molar-refractivity contribution in [3.8, 4) is 11.3 Å². The van der Waals surface area contributed by atoms with Crippen LogP contribution >= 0.6 is 0 Å². The van der Waals surface area contributed by atoms with Crippen molar-refractivity contribution in [2.45, 2.75) is 25.1 Å². The van der Waals surface area contributed by atoms with Gasteiger partial charge >= 0.3 is 0 Å². The summed E-state index contributed by atoms with van der Waals surface area (Å²) in [5.41, 5.74) is 2.46. The molecule has 2 atom stereocenters. The van der Waals surface area contributed by atoms with Crippen LogP contribution in [0, 0.1) is 0 Å². The molecule has 5 heterocycles. The second-order valence-corrected chi connectivity index (χ2v) is 6.46.